The predicted molar refractivity (Wildman–Crippen MR) is 118 cm³/mol. The van der Waals surface area contributed by atoms with Crippen molar-refractivity contribution in [2.75, 3.05) is 13.1 Å². The molecule has 0 aromatic heterocycles. The lowest BCUT2D eigenvalue weighted by atomic mass is 9.72. The first-order valence-corrected chi connectivity index (χ1v) is 11.5. The summed E-state index contributed by atoms with van der Waals surface area (Å²) in [5, 5.41) is 0. The van der Waals surface area contributed by atoms with E-state index in [0.29, 0.717) is 25.9 Å². The minimum atomic E-state index is -0.492. The summed E-state index contributed by atoms with van der Waals surface area (Å²) >= 11 is 0. The van der Waals surface area contributed by atoms with Crippen molar-refractivity contribution in [3.05, 3.63) is 0 Å². The number of rotatable bonds is 8. The van der Waals surface area contributed by atoms with Crippen molar-refractivity contribution in [3.8, 4) is 0 Å². The molecule has 0 spiro atoms. The van der Waals surface area contributed by atoms with E-state index >= 15 is 0 Å². The number of esters is 1. The molecule has 0 radical (unpaired) electrons. The number of hydrogen-bond acceptors (Lipinski definition) is 4. The van der Waals surface area contributed by atoms with Gasteiger partial charge in [0.15, 0.2) is 0 Å². The number of ether oxygens (including phenoxy) is 2. The monoisotopic (exact) mass is 411 g/mol. The molecule has 5 heteroatoms. The number of hydrogen-bond donors (Lipinski definition) is 0. The van der Waals surface area contributed by atoms with E-state index < -0.39 is 16.6 Å². The van der Waals surface area contributed by atoms with Crippen LogP contribution in [-0.4, -0.2) is 41.3 Å². The first kappa shape index (κ1) is 25.8. The van der Waals surface area contributed by atoms with Crippen molar-refractivity contribution in [1.29, 1.82) is 0 Å². The molecule has 5 nitrogen and oxygen atoms in total. The second kappa shape index (κ2) is 9.70. The van der Waals surface area contributed by atoms with Crippen LogP contribution in [-0.2, 0) is 14.3 Å². The van der Waals surface area contributed by atoms with Gasteiger partial charge in [-0.2, -0.15) is 0 Å². The molecule has 1 saturated heterocycles. The molecule has 1 amide bonds. The zero-order valence-electron chi connectivity index (χ0n) is 20.6. The Hall–Kier alpha value is -1.26. The van der Waals surface area contributed by atoms with Crippen molar-refractivity contribution in [3.63, 3.8) is 0 Å². The van der Waals surface area contributed by atoms with Gasteiger partial charge in [0.05, 0.1) is 5.41 Å². The van der Waals surface area contributed by atoms with Gasteiger partial charge in [0.1, 0.15) is 11.2 Å². The van der Waals surface area contributed by atoms with E-state index in [9.17, 15) is 9.59 Å². The molecule has 1 aliphatic rings. The van der Waals surface area contributed by atoms with Crippen LogP contribution in [0.3, 0.4) is 0 Å². The lowest BCUT2D eigenvalue weighted by molar-refractivity contribution is -0.176. The molecule has 29 heavy (non-hydrogen) atoms. The van der Waals surface area contributed by atoms with Gasteiger partial charge >= 0.3 is 12.1 Å². The molecule has 0 bridgehead atoms. The molecule has 0 aromatic carbocycles. The Labute approximate surface area is 178 Å². The second-order valence-corrected chi connectivity index (χ2v) is 10.3. The van der Waals surface area contributed by atoms with E-state index in [0.717, 1.165) is 12.8 Å². The molecule has 0 aromatic rings. The fraction of sp³-hybridized carbons (Fsp3) is 0.917. The Morgan fingerprint density at radius 1 is 0.931 bits per heavy atom. The van der Waals surface area contributed by atoms with Crippen molar-refractivity contribution in [2.24, 2.45) is 23.2 Å². The van der Waals surface area contributed by atoms with Crippen LogP contribution in [0.4, 0.5) is 4.79 Å². The average Bonchev–Trinajstić information content (AvgIpc) is 2.65. The first-order chi connectivity index (χ1) is 13.3. The molecule has 0 saturated carbocycles. The number of amides is 1. The molecule has 1 fully saturated rings. The Bertz CT molecular complexity index is 535. The highest BCUT2D eigenvalue weighted by Gasteiger charge is 2.46. The zero-order valence-corrected chi connectivity index (χ0v) is 20.6. The molecular formula is C24H45NO4. The molecule has 0 N–H and O–H groups in total. The van der Waals surface area contributed by atoms with Crippen molar-refractivity contribution < 1.29 is 19.1 Å². The van der Waals surface area contributed by atoms with E-state index in [1.165, 1.54) is 0 Å². The molecule has 170 valence electrons. The molecule has 0 unspecified atom stereocenters. The minimum absolute atomic E-state index is 0.142. The summed E-state index contributed by atoms with van der Waals surface area (Å²) in [4.78, 5) is 27.5. The Balaban J connectivity index is 2.87. The number of carbonyl (C=O) groups excluding carboxylic acids is 2. The van der Waals surface area contributed by atoms with Gasteiger partial charge in [-0.25, -0.2) is 4.79 Å². The average molecular weight is 412 g/mol. The van der Waals surface area contributed by atoms with Crippen LogP contribution in [0.15, 0.2) is 0 Å². The topological polar surface area (TPSA) is 55.8 Å². The van der Waals surface area contributed by atoms with Crippen LogP contribution in [0.5, 0.6) is 0 Å². The van der Waals surface area contributed by atoms with E-state index in [1.54, 1.807) is 4.90 Å². The highest BCUT2D eigenvalue weighted by molar-refractivity contribution is 5.76. The summed E-state index contributed by atoms with van der Waals surface area (Å²) in [6, 6.07) is 0. The van der Waals surface area contributed by atoms with E-state index in [1.807, 2.05) is 20.8 Å². The lowest BCUT2D eigenvalue weighted by Gasteiger charge is -2.46. The van der Waals surface area contributed by atoms with Gasteiger partial charge in [0.25, 0.3) is 0 Å². The third-order valence-corrected chi connectivity index (χ3v) is 7.29. The fourth-order valence-corrected chi connectivity index (χ4v) is 4.67. The number of likely N-dealkylation sites (tertiary alicyclic amines) is 1. The Morgan fingerprint density at radius 2 is 1.38 bits per heavy atom. The van der Waals surface area contributed by atoms with Gasteiger partial charge in [0.2, 0.25) is 0 Å². The van der Waals surface area contributed by atoms with Crippen LogP contribution >= 0.6 is 0 Å². The van der Waals surface area contributed by atoms with Gasteiger partial charge in [0, 0.05) is 25.9 Å². The smallest absolute Gasteiger partial charge is 0.410 e. The van der Waals surface area contributed by atoms with Crippen LogP contribution in [0.2, 0.25) is 0 Å². The van der Waals surface area contributed by atoms with Gasteiger partial charge in [-0.1, -0.05) is 55.4 Å². The summed E-state index contributed by atoms with van der Waals surface area (Å²) in [5.74, 6) is 0.533. The summed E-state index contributed by atoms with van der Waals surface area (Å²) in [5.41, 5.74) is -1.46. The highest BCUT2D eigenvalue weighted by Crippen LogP contribution is 2.39. The Morgan fingerprint density at radius 3 is 1.72 bits per heavy atom. The first-order valence-electron chi connectivity index (χ1n) is 11.5. The zero-order chi connectivity index (χ0) is 22.6. The molecule has 0 atom stereocenters. The second-order valence-electron chi connectivity index (χ2n) is 10.3. The highest BCUT2D eigenvalue weighted by atomic mass is 16.6. The van der Waals surface area contributed by atoms with Crippen LogP contribution < -0.4 is 0 Å². The molecule has 0 aliphatic carbocycles. The normalized spacial score (nSPS) is 17.8. The van der Waals surface area contributed by atoms with Gasteiger partial charge in [-0.3, -0.25) is 4.79 Å². The maximum absolute atomic E-state index is 13.1. The van der Waals surface area contributed by atoms with E-state index in [-0.39, 0.29) is 29.8 Å². The van der Waals surface area contributed by atoms with Gasteiger partial charge in [-0.05, 0) is 44.4 Å². The largest absolute Gasteiger partial charge is 0.459 e. The predicted octanol–water partition coefficient (Wildman–Crippen LogP) is 6.05. The summed E-state index contributed by atoms with van der Waals surface area (Å²) < 4.78 is 12.2. The number of nitrogens with zero attached hydrogens (tertiary/aromatic N) is 1. The molecular weight excluding hydrogens is 366 g/mol. The summed E-state index contributed by atoms with van der Waals surface area (Å²) in [7, 11) is 0. The third-order valence-electron chi connectivity index (χ3n) is 7.29. The van der Waals surface area contributed by atoms with Crippen LogP contribution in [0.1, 0.15) is 94.9 Å². The van der Waals surface area contributed by atoms with Crippen molar-refractivity contribution in [2.45, 2.75) is 106 Å². The standard InChI is InChI=1S/C24H45NO4/c1-11-22(9,10)20(26)28-23(12-2)13-15-25(16-14-23)21(27)29-24(17(3)4,18(5)6)19(7)8/h17-19H,11-16H2,1-10H3. The van der Waals surface area contributed by atoms with Crippen LogP contribution in [0, 0.1) is 23.2 Å². The summed E-state index contributed by atoms with van der Waals surface area (Å²) in [6.45, 7) is 21.8. The SMILES string of the molecule is CCC1(OC(=O)C(C)(C)CC)CCN(C(=O)OC(C(C)C)(C(C)C)C(C)C)CC1. The van der Waals surface area contributed by atoms with Gasteiger partial charge in [-0.15, -0.1) is 0 Å². The number of piperidine rings is 1. The van der Waals surface area contributed by atoms with Crippen LogP contribution in [0.25, 0.3) is 0 Å². The molecule has 1 aliphatic heterocycles. The van der Waals surface area contributed by atoms with Crippen molar-refractivity contribution >= 4 is 12.1 Å². The minimum Gasteiger partial charge on any atom is -0.459 e. The lowest BCUT2D eigenvalue weighted by Crippen LogP contribution is -2.55. The quantitative estimate of drug-likeness (QED) is 0.456. The maximum Gasteiger partial charge on any atom is 0.410 e. The van der Waals surface area contributed by atoms with E-state index in [2.05, 4.69) is 48.5 Å². The molecule has 1 rings (SSSR count). The number of carbonyl (C=O) groups is 2. The third kappa shape index (κ3) is 5.46. The van der Waals surface area contributed by atoms with Gasteiger partial charge < -0.3 is 14.4 Å². The fourth-order valence-electron chi connectivity index (χ4n) is 4.67. The summed E-state index contributed by atoms with van der Waals surface area (Å²) in [6.07, 6.45) is 2.57. The van der Waals surface area contributed by atoms with E-state index in [4.69, 9.17) is 9.47 Å². The van der Waals surface area contributed by atoms with Crippen molar-refractivity contribution in [1.82, 2.24) is 4.90 Å². The maximum atomic E-state index is 13.1. The molecule has 1 heterocycles. The Kier molecular flexibility index (Phi) is 8.62.